The summed E-state index contributed by atoms with van der Waals surface area (Å²) in [6, 6.07) is 6.50. The molecule has 0 aliphatic rings. The summed E-state index contributed by atoms with van der Waals surface area (Å²) in [5.41, 5.74) is 0. The van der Waals surface area contributed by atoms with Crippen molar-refractivity contribution < 1.29 is 9.13 Å². The van der Waals surface area contributed by atoms with E-state index in [0.29, 0.717) is 13.2 Å². The first-order valence-corrected chi connectivity index (χ1v) is 5.19. The molecule has 0 atom stereocenters. The van der Waals surface area contributed by atoms with Gasteiger partial charge in [0.25, 0.3) is 0 Å². The van der Waals surface area contributed by atoms with E-state index in [1.165, 1.54) is 6.07 Å². The SMILES string of the molecule is Fc1c(Cl)cccc1OCCn1cccn1. The average Bonchev–Trinajstić information content (AvgIpc) is 2.77. The third-order valence-electron chi connectivity index (χ3n) is 2.05. The molecular weight excluding hydrogens is 231 g/mol. The van der Waals surface area contributed by atoms with Crippen molar-refractivity contribution in [3.05, 3.63) is 47.5 Å². The zero-order valence-corrected chi connectivity index (χ0v) is 9.19. The van der Waals surface area contributed by atoms with Crippen molar-refractivity contribution in [3.63, 3.8) is 0 Å². The van der Waals surface area contributed by atoms with Gasteiger partial charge in [-0.25, -0.2) is 4.39 Å². The van der Waals surface area contributed by atoms with Crippen LogP contribution >= 0.6 is 11.6 Å². The van der Waals surface area contributed by atoms with E-state index in [0.717, 1.165) is 0 Å². The Labute approximate surface area is 97.4 Å². The van der Waals surface area contributed by atoms with Gasteiger partial charge >= 0.3 is 0 Å². The van der Waals surface area contributed by atoms with Crippen LogP contribution < -0.4 is 4.74 Å². The normalized spacial score (nSPS) is 10.4. The zero-order valence-electron chi connectivity index (χ0n) is 8.44. The maximum absolute atomic E-state index is 13.4. The molecule has 0 N–H and O–H groups in total. The predicted molar refractivity (Wildman–Crippen MR) is 59.1 cm³/mol. The fourth-order valence-electron chi connectivity index (χ4n) is 1.28. The minimum absolute atomic E-state index is 0.0663. The molecular formula is C11H10ClFN2O. The van der Waals surface area contributed by atoms with Gasteiger partial charge in [-0.1, -0.05) is 17.7 Å². The van der Waals surface area contributed by atoms with Gasteiger partial charge in [0, 0.05) is 12.4 Å². The van der Waals surface area contributed by atoms with E-state index >= 15 is 0 Å². The van der Waals surface area contributed by atoms with Gasteiger partial charge < -0.3 is 4.74 Å². The summed E-state index contributed by atoms with van der Waals surface area (Å²) in [6.45, 7) is 0.915. The van der Waals surface area contributed by atoms with Crippen LogP contribution in [0.15, 0.2) is 36.7 Å². The van der Waals surface area contributed by atoms with Gasteiger partial charge in [-0.2, -0.15) is 5.10 Å². The largest absolute Gasteiger partial charge is 0.489 e. The Hall–Kier alpha value is -1.55. The van der Waals surface area contributed by atoms with Gasteiger partial charge in [-0.3, -0.25) is 4.68 Å². The first-order chi connectivity index (χ1) is 7.77. The number of ether oxygens (including phenoxy) is 1. The molecule has 2 aromatic rings. The topological polar surface area (TPSA) is 27.1 Å². The van der Waals surface area contributed by atoms with E-state index in [-0.39, 0.29) is 10.8 Å². The molecule has 84 valence electrons. The molecule has 0 amide bonds. The minimum Gasteiger partial charge on any atom is -0.489 e. The Morgan fingerprint density at radius 1 is 1.38 bits per heavy atom. The monoisotopic (exact) mass is 240 g/mol. The minimum atomic E-state index is -0.523. The average molecular weight is 241 g/mol. The zero-order chi connectivity index (χ0) is 11.4. The van der Waals surface area contributed by atoms with E-state index in [9.17, 15) is 4.39 Å². The van der Waals surface area contributed by atoms with Crippen LogP contribution in [-0.2, 0) is 6.54 Å². The number of hydrogen-bond acceptors (Lipinski definition) is 2. The van der Waals surface area contributed by atoms with Crippen molar-refractivity contribution in [1.82, 2.24) is 9.78 Å². The highest BCUT2D eigenvalue weighted by Crippen LogP contribution is 2.23. The lowest BCUT2D eigenvalue weighted by molar-refractivity contribution is 0.278. The standard InChI is InChI=1S/C11H10ClFN2O/c12-9-3-1-4-10(11(9)13)16-8-7-15-6-2-5-14-15/h1-6H,7-8H2. The Bertz CT molecular complexity index is 459. The first-order valence-electron chi connectivity index (χ1n) is 4.81. The van der Waals surface area contributed by atoms with Crippen molar-refractivity contribution >= 4 is 11.6 Å². The molecule has 16 heavy (non-hydrogen) atoms. The molecule has 0 bridgehead atoms. The van der Waals surface area contributed by atoms with Crippen LogP contribution in [0.2, 0.25) is 5.02 Å². The molecule has 0 unspecified atom stereocenters. The molecule has 0 saturated heterocycles. The van der Waals surface area contributed by atoms with Crippen molar-refractivity contribution in [2.45, 2.75) is 6.54 Å². The lowest BCUT2D eigenvalue weighted by Gasteiger charge is -2.07. The van der Waals surface area contributed by atoms with Crippen molar-refractivity contribution in [2.75, 3.05) is 6.61 Å². The highest BCUT2D eigenvalue weighted by atomic mass is 35.5. The third kappa shape index (κ3) is 2.52. The third-order valence-corrected chi connectivity index (χ3v) is 2.35. The molecule has 0 fully saturated rings. The van der Waals surface area contributed by atoms with Crippen LogP contribution in [0.4, 0.5) is 4.39 Å². The van der Waals surface area contributed by atoms with Crippen LogP contribution in [-0.4, -0.2) is 16.4 Å². The Balaban J connectivity index is 1.92. The molecule has 0 aliphatic carbocycles. The lowest BCUT2D eigenvalue weighted by atomic mass is 10.3. The second-order valence-electron chi connectivity index (χ2n) is 3.17. The Morgan fingerprint density at radius 3 is 3.00 bits per heavy atom. The van der Waals surface area contributed by atoms with E-state index in [1.807, 2.05) is 12.3 Å². The molecule has 0 spiro atoms. The van der Waals surface area contributed by atoms with E-state index in [2.05, 4.69) is 5.10 Å². The van der Waals surface area contributed by atoms with E-state index < -0.39 is 5.82 Å². The predicted octanol–water partition coefficient (Wildman–Crippen LogP) is 2.75. The number of nitrogens with zero attached hydrogens (tertiary/aromatic N) is 2. The summed E-state index contributed by atoms with van der Waals surface area (Å²) in [4.78, 5) is 0. The summed E-state index contributed by atoms with van der Waals surface area (Å²) in [7, 11) is 0. The number of aromatic nitrogens is 2. The maximum atomic E-state index is 13.4. The molecule has 3 nitrogen and oxygen atoms in total. The van der Waals surface area contributed by atoms with Crippen LogP contribution in [0.25, 0.3) is 0 Å². The van der Waals surface area contributed by atoms with E-state index in [1.54, 1.807) is 23.0 Å². The second-order valence-corrected chi connectivity index (χ2v) is 3.58. The van der Waals surface area contributed by atoms with Gasteiger partial charge in [-0.15, -0.1) is 0 Å². The highest BCUT2D eigenvalue weighted by molar-refractivity contribution is 6.30. The van der Waals surface area contributed by atoms with Crippen LogP contribution in [0.3, 0.4) is 0 Å². The molecule has 1 heterocycles. The van der Waals surface area contributed by atoms with E-state index in [4.69, 9.17) is 16.3 Å². The summed E-state index contributed by atoms with van der Waals surface area (Å²) in [5, 5.41) is 4.07. The van der Waals surface area contributed by atoms with Gasteiger partial charge in [0.2, 0.25) is 0 Å². The van der Waals surface area contributed by atoms with Gasteiger partial charge in [0.05, 0.1) is 11.6 Å². The number of rotatable bonds is 4. The molecule has 1 aromatic carbocycles. The van der Waals surface area contributed by atoms with Gasteiger partial charge in [-0.05, 0) is 18.2 Å². The van der Waals surface area contributed by atoms with Crippen molar-refractivity contribution in [1.29, 1.82) is 0 Å². The summed E-state index contributed by atoms with van der Waals surface area (Å²) in [6.07, 6.45) is 3.50. The molecule has 1 aromatic heterocycles. The van der Waals surface area contributed by atoms with Gasteiger partial charge in [0.1, 0.15) is 6.61 Å². The highest BCUT2D eigenvalue weighted by Gasteiger charge is 2.06. The fraction of sp³-hybridized carbons (Fsp3) is 0.182. The Morgan fingerprint density at radius 2 is 2.25 bits per heavy atom. The summed E-state index contributed by atoms with van der Waals surface area (Å²) in [5.74, 6) is -0.357. The maximum Gasteiger partial charge on any atom is 0.183 e. The van der Waals surface area contributed by atoms with Gasteiger partial charge in [0.15, 0.2) is 11.6 Å². The lowest BCUT2D eigenvalue weighted by Crippen LogP contribution is -2.09. The molecule has 5 heteroatoms. The van der Waals surface area contributed by atoms with Crippen LogP contribution in [0.1, 0.15) is 0 Å². The van der Waals surface area contributed by atoms with Crippen molar-refractivity contribution in [2.24, 2.45) is 0 Å². The van der Waals surface area contributed by atoms with Crippen molar-refractivity contribution in [3.8, 4) is 5.75 Å². The van der Waals surface area contributed by atoms with Crippen LogP contribution in [0, 0.1) is 5.82 Å². The second kappa shape index (κ2) is 4.99. The Kier molecular flexibility index (Phi) is 3.41. The molecule has 0 radical (unpaired) electrons. The quantitative estimate of drug-likeness (QED) is 0.822. The summed E-state index contributed by atoms with van der Waals surface area (Å²) < 4.78 is 20.4. The van der Waals surface area contributed by atoms with Crippen LogP contribution in [0.5, 0.6) is 5.75 Å². The summed E-state index contributed by atoms with van der Waals surface area (Å²) >= 11 is 5.62. The molecule has 0 saturated carbocycles. The fourth-order valence-corrected chi connectivity index (χ4v) is 1.44. The molecule has 0 aliphatic heterocycles. The number of benzene rings is 1. The molecule has 2 rings (SSSR count). The smallest absolute Gasteiger partial charge is 0.183 e. The number of halogens is 2. The first kappa shape index (κ1) is 11.0. The number of hydrogen-bond donors (Lipinski definition) is 0.